The van der Waals surface area contributed by atoms with Crippen LogP contribution < -0.4 is 22.0 Å². The Labute approximate surface area is 156 Å². The van der Waals surface area contributed by atoms with Crippen LogP contribution in [0.4, 0.5) is 4.79 Å². The lowest BCUT2D eigenvalue weighted by Crippen LogP contribution is -2.50. The first-order chi connectivity index (χ1) is 12.4. The molecule has 0 bridgehead atoms. The van der Waals surface area contributed by atoms with Gasteiger partial charge in [-0.25, -0.2) is 15.0 Å². The van der Waals surface area contributed by atoms with E-state index in [0.717, 1.165) is 6.21 Å². The van der Waals surface area contributed by atoms with Crippen molar-refractivity contribution in [2.24, 2.45) is 11.0 Å². The first-order valence-corrected chi connectivity index (χ1v) is 8.60. The predicted molar refractivity (Wildman–Crippen MR) is 101 cm³/mol. The molecule has 0 aliphatic carbocycles. The molecule has 0 spiro atoms. The Bertz CT molecular complexity index is 818. The first-order valence-electron chi connectivity index (χ1n) is 8.60. The summed E-state index contributed by atoms with van der Waals surface area (Å²) in [6.07, 6.45) is 1.05. The molecule has 1 heterocycles. The van der Waals surface area contributed by atoms with Crippen molar-refractivity contribution in [2.45, 2.75) is 59.6 Å². The molecule has 2 unspecified atom stereocenters. The summed E-state index contributed by atoms with van der Waals surface area (Å²) < 4.78 is 5.18. The number of ether oxygens (including phenoxy) is 1. The van der Waals surface area contributed by atoms with Crippen LogP contribution in [0.15, 0.2) is 14.7 Å². The fraction of sp³-hybridized carbons (Fsp3) is 0.588. The Kier molecular flexibility index (Phi) is 7.50. The van der Waals surface area contributed by atoms with Crippen LogP contribution >= 0.6 is 0 Å². The third-order valence-corrected chi connectivity index (χ3v) is 3.71. The summed E-state index contributed by atoms with van der Waals surface area (Å²) in [6.45, 7) is 10.4. The normalized spacial score (nSPS) is 13.9. The summed E-state index contributed by atoms with van der Waals surface area (Å²) in [5.41, 5.74) is 0.772. The number of H-pyrrole nitrogens is 2. The van der Waals surface area contributed by atoms with Crippen LogP contribution in [0.1, 0.15) is 52.3 Å². The van der Waals surface area contributed by atoms with Gasteiger partial charge in [-0.1, -0.05) is 20.3 Å². The predicted octanol–water partition coefficient (Wildman–Crippen LogP) is 0.761. The van der Waals surface area contributed by atoms with Gasteiger partial charge >= 0.3 is 11.8 Å². The van der Waals surface area contributed by atoms with Crippen LogP contribution in [-0.4, -0.2) is 39.8 Å². The Hall–Kier alpha value is -2.91. The maximum absolute atomic E-state index is 12.4. The van der Waals surface area contributed by atoms with Gasteiger partial charge in [0.1, 0.15) is 11.6 Å². The van der Waals surface area contributed by atoms with Gasteiger partial charge in [0.05, 0.1) is 11.8 Å². The van der Waals surface area contributed by atoms with Crippen LogP contribution in [0.3, 0.4) is 0 Å². The average molecular weight is 381 g/mol. The number of hydrazone groups is 1. The molecule has 1 aromatic rings. The number of hydrogen-bond acceptors (Lipinski definition) is 6. The Morgan fingerprint density at radius 3 is 2.41 bits per heavy atom. The fourth-order valence-corrected chi connectivity index (χ4v) is 2.13. The Morgan fingerprint density at radius 2 is 1.89 bits per heavy atom. The van der Waals surface area contributed by atoms with Crippen LogP contribution in [0.5, 0.6) is 0 Å². The molecule has 2 amide bonds. The number of carbonyl (C=O) groups is 2. The van der Waals surface area contributed by atoms with Crippen molar-refractivity contribution < 1.29 is 14.3 Å². The summed E-state index contributed by atoms with van der Waals surface area (Å²) in [6, 6.07) is -0.864. The van der Waals surface area contributed by atoms with E-state index in [0.29, 0.717) is 12.1 Å². The SMILES string of the molecule is CCC(C)C(NC(=O)OC(C)(C)C)C(=O)NN=Cc1c(C)[nH]c(=O)[nH]c1=O. The Balaban J connectivity index is 2.87. The summed E-state index contributed by atoms with van der Waals surface area (Å²) in [5, 5.41) is 6.29. The van der Waals surface area contributed by atoms with Crippen LogP contribution in [0, 0.1) is 12.8 Å². The van der Waals surface area contributed by atoms with Gasteiger partial charge in [0.2, 0.25) is 0 Å². The number of hydrogen-bond donors (Lipinski definition) is 4. The molecule has 27 heavy (non-hydrogen) atoms. The molecule has 2 atom stereocenters. The van der Waals surface area contributed by atoms with Crippen LogP contribution in [-0.2, 0) is 9.53 Å². The monoisotopic (exact) mass is 381 g/mol. The summed E-state index contributed by atoms with van der Waals surface area (Å²) >= 11 is 0. The lowest BCUT2D eigenvalue weighted by atomic mass is 9.99. The molecule has 150 valence electrons. The van der Waals surface area contributed by atoms with Crippen LogP contribution in [0.25, 0.3) is 0 Å². The molecule has 10 nitrogen and oxygen atoms in total. The van der Waals surface area contributed by atoms with E-state index >= 15 is 0 Å². The lowest BCUT2D eigenvalue weighted by Gasteiger charge is -2.25. The number of rotatable bonds is 6. The number of nitrogens with one attached hydrogen (secondary N) is 4. The minimum absolute atomic E-state index is 0.107. The van der Waals surface area contributed by atoms with E-state index in [9.17, 15) is 19.2 Å². The van der Waals surface area contributed by atoms with Crippen molar-refractivity contribution in [2.75, 3.05) is 0 Å². The molecule has 4 N–H and O–H groups in total. The van der Waals surface area contributed by atoms with Gasteiger partial charge in [-0.05, 0) is 33.6 Å². The number of aromatic nitrogens is 2. The minimum atomic E-state index is -0.864. The zero-order valence-electron chi connectivity index (χ0n) is 16.4. The van der Waals surface area contributed by atoms with Crippen molar-refractivity contribution in [3.05, 3.63) is 32.1 Å². The number of nitrogens with zero attached hydrogens (tertiary/aromatic N) is 1. The fourth-order valence-electron chi connectivity index (χ4n) is 2.13. The smallest absolute Gasteiger partial charge is 0.408 e. The highest BCUT2D eigenvalue weighted by Gasteiger charge is 2.28. The van der Waals surface area contributed by atoms with E-state index in [2.05, 4.69) is 25.8 Å². The highest BCUT2D eigenvalue weighted by atomic mass is 16.6. The molecule has 0 fully saturated rings. The van der Waals surface area contributed by atoms with E-state index in [-0.39, 0.29) is 11.5 Å². The number of aromatic amines is 2. The molecular formula is C17H27N5O5. The zero-order valence-corrected chi connectivity index (χ0v) is 16.4. The highest BCUT2D eigenvalue weighted by Crippen LogP contribution is 2.11. The van der Waals surface area contributed by atoms with E-state index in [4.69, 9.17) is 4.74 Å². The van der Waals surface area contributed by atoms with Crippen molar-refractivity contribution in [3.8, 4) is 0 Å². The van der Waals surface area contributed by atoms with Crippen molar-refractivity contribution in [1.29, 1.82) is 0 Å². The summed E-state index contributed by atoms with van der Waals surface area (Å²) in [7, 11) is 0. The molecule has 1 rings (SSSR count). The van der Waals surface area contributed by atoms with Gasteiger partial charge in [-0.2, -0.15) is 5.10 Å². The second-order valence-electron chi connectivity index (χ2n) is 7.19. The molecular weight excluding hydrogens is 354 g/mol. The first kappa shape index (κ1) is 22.1. The standard InChI is InChI=1S/C17H27N5O5/c1-7-9(2)12(20-16(26)27-17(4,5)6)14(24)22-18-8-11-10(3)19-15(25)21-13(11)23/h8-9,12H,7H2,1-6H3,(H,20,26)(H,22,24)(H2,19,21,23,25). The molecule has 0 aliphatic rings. The third-order valence-electron chi connectivity index (χ3n) is 3.71. The summed E-state index contributed by atoms with van der Waals surface area (Å²) in [5.74, 6) is -0.726. The van der Waals surface area contributed by atoms with Gasteiger partial charge in [0.15, 0.2) is 0 Å². The van der Waals surface area contributed by atoms with Crippen molar-refractivity contribution >= 4 is 18.2 Å². The van der Waals surface area contributed by atoms with E-state index in [1.807, 2.05) is 13.8 Å². The molecule has 0 radical (unpaired) electrons. The molecule has 10 heteroatoms. The number of alkyl carbamates (subject to hydrolysis) is 1. The van der Waals surface area contributed by atoms with Gasteiger partial charge < -0.3 is 15.0 Å². The largest absolute Gasteiger partial charge is 0.444 e. The topological polar surface area (TPSA) is 146 Å². The molecule has 0 aliphatic heterocycles. The summed E-state index contributed by atoms with van der Waals surface area (Å²) in [4.78, 5) is 51.8. The lowest BCUT2D eigenvalue weighted by molar-refractivity contribution is -0.124. The molecule has 0 saturated heterocycles. The zero-order chi connectivity index (χ0) is 20.8. The maximum atomic E-state index is 12.4. The van der Waals surface area contributed by atoms with E-state index < -0.39 is 34.9 Å². The van der Waals surface area contributed by atoms with Gasteiger partial charge in [-0.3, -0.25) is 14.6 Å². The Morgan fingerprint density at radius 1 is 1.26 bits per heavy atom. The quantitative estimate of drug-likeness (QED) is 0.424. The van der Waals surface area contributed by atoms with E-state index in [1.54, 1.807) is 20.8 Å². The second kappa shape index (κ2) is 9.15. The average Bonchev–Trinajstić information content (AvgIpc) is 2.52. The van der Waals surface area contributed by atoms with Crippen LogP contribution in [0.2, 0.25) is 0 Å². The molecule has 1 aromatic heterocycles. The van der Waals surface area contributed by atoms with Crippen molar-refractivity contribution in [3.63, 3.8) is 0 Å². The third kappa shape index (κ3) is 7.08. The van der Waals surface area contributed by atoms with Gasteiger partial charge in [0.25, 0.3) is 11.5 Å². The highest BCUT2D eigenvalue weighted by molar-refractivity contribution is 5.87. The van der Waals surface area contributed by atoms with E-state index in [1.165, 1.54) is 6.92 Å². The molecule has 0 saturated carbocycles. The number of carbonyl (C=O) groups excluding carboxylic acids is 2. The minimum Gasteiger partial charge on any atom is -0.444 e. The number of amides is 2. The number of aryl methyl sites for hydroxylation is 1. The van der Waals surface area contributed by atoms with Crippen molar-refractivity contribution in [1.82, 2.24) is 20.7 Å². The molecule has 0 aromatic carbocycles. The van der Waals surface area contributed by atoms with Gasteiger partial charge in [0, 0.05) is 5.69 Å². The van der Waals surface area contributed by atoms with Gasteiger partial charge in [-0.15, -0.1) is 0 Å². The second-order valence-corrected chi connectivity index (χ2v) is 7.19. The maximum Gasteiger partial charge on any atom is 0.408 e.